The zero-order valence-electron chi connectivity index (χ0n) is 13.7. The molecule has 1 heterocycles. The van der Waals surface area contributed by atoms with E-state index in [1.165, 1.54) is 12.0 Å². The molecule has 1 saturated carbocycles. The Morgan fingerprint density at radius 3 is 2.78 bits per heavy atom. The van der Waals surface area contributed by atoms with Gasteiger partial charge in [-0.05, 0) is 56.3 Å². The van der Waals surface area contributed by atoms with E-state index in [0.29, 0.717) is 19.1 Å². The number of benzene rings is 1. The molecular weight excluding hydrogens is 292 g/mol. The van der Waals surface area contributed by atoms with Gasteiger partial charge in [-0.25, -0.2) is 4.79 Å². The molecule has 2 fully saturated rings. The lowest BCUT2D eigenvalue weighted by Crippen LogP contribution is -2.30. The molecule has 5 nitrogen and oxygen atoms in total. The highest BCUT2D eigenvalue weighted by Crippen LogP contribution is 2.25. The summed E-state index contributed by atoms with van der Waals surface area (Å²) in [5.41, 5.74) is 2.09. The summed E-state index contributed by atoms with van der Waals surface area (Å²) in [4.78, 5) is 13.2. The Labute approximate surface area is 137 Å². The summed E-state index contributed by atoms with van der Waals surface area (Å²) in [6.07, 6.45) is 3.81. The molecule has 2 aliphatic rings. The summed E-state index contributed by atoms with van der Waals surface area (Å²) in [5, 5.41) is 13.3. The molecule has 1 aliphatic carbocycles. The van der Waals surface area contributed by atoms with Crippen LogP contribution < -0.4 is 10.2 Å². The maximum Gasteiger partial charge on any atom is 0.414 e. The van der Waals surface area contributed by atoms with Crippen molar-refractivity contribution in [2.45, 2.75) is 44.8 Å². The van der Waals surface area contributed by atoms with Crippen molar-refractivity contribution in [3.05, 3.63) is 29.8 Å². The van der Waals surface area contributed by atoms with Crippen molar-refractivity contribution in [3.63, 3.8) is 0 Å². The fourth-order valence-electron chi connectivity index (χ4n) is 3.48. The standard InChI is InChI=1S/C18H26N2O3/c1-13(19-12-14-3-2-4-17(21)11-14)15-5-7-16(8-6-15)20-9-10-23-18(20)22/h5-8,13-14,17,19,21H,2-4,9-12H2,1H3. The molecule has 1 aromatic rings. The van der Waals surface area contributed by atoms with Crippen LogP contribution in [0.3, 0.4) is 0 Å². The first kappa shape index (κ1) is 16.3. The van der Waals surface area contributed by atoms with E-state index in [1.54, 1.807) is 4.90 Å². The third-order valence-corrected chi connectivity index (χ3v) is 4.93. The van der Waals surface area contributed by atoms with Crippen molar-refractivity contribution in [2.75, 3.05) is 24.6 Å². The number of hydrogen-bond donors (Lipinski definition) is 2. The van der Waals surface area contributed by atoms with Crippen LogP contribution in [0.2, 0.25) is 0 Å². The second-order valence-corrected chi connectivity index (χ2v) is 6.67. The van der Waals surface area contributed by atoms with Crippen molar-refractivity contribution >= 4 is 11.8 Å². The minimum absolute atomic E-state index is 0.120. The fraction of sp³-hybridized carbons (Fsp3) is 0.611. The number of carbonyl (C=O) groups is 1. The van der Waals surface area contributed by atoms with Gasteiger partial charge in [0, 0.05) is 11.7 Å². The average molecular weight is 318 g/mol. The first-order valence-electron chi connectivity index (χ1n) is 8.59. The molecule has 3 rings (SSSR count). The van der Waals surface area contributed by atoms with E-state index in [1.807, 2.05) is 12.1 Å². The molecule has 1 saturated heterocycles. The predicted octanol–water partition coefficient (Wildman–Crippen LogP) is 2.84. The normalized spacial score (nSPS) is 26.2. The molecule has 2 N–H and O–H groups in total. The summed E-state index contributed by atoms with van der Waals surface area (Å²) < 4.78 is 4.97. The van der Waals surface area contributed by atoms with Crippen LogP contribution in [0, 0.1) is 5.92 Å². The fourth-order valence-corrected chi connectivity index (χ4v) is 3.48. The minimum Gasteiger partial charge on any atom is -0.447 e. The van der Waals surface area contributed by atoms with E-state index in [9.17, 15) is 9.90 Å². The van der Waals surface area contributed by atoms with E-state index >= 15 is 0 Å². The second-order valence-electron chi connectivity index (χ2n) is 6.67. The molecule has 5 heteroatoms. The van der Waals surface area contributed by atoms with Gasteiger partial charge in [0.1, 0.15) is 6.61 Å². The third kappa shape index (κ3) is 4.03. The summed E-state index contributed by atoms with van der Waals surface area (Å²) in [6, 6.07) is 8.34. The van der Waals surface area contributed by atoms with Crippen LogP contribution in [-0.2, 0) is 4.74 Å². The molecule has 126 valence electrons. The van der Waals surface area contributed by atoms with Crippen LogP contribution in [-0.4, -0.2) is 37.0 Å². The lowest BCUT2D eigenvalue weighted by atomic mass is 9.87. The van der Waals surface area contributed by atoms with Crippen LogP contribution >= 0.6 is 0 Å². The van der Waals surface area contributed by atoms with Crippen molar-refractivity contribution < 1.29 is 14.6 Å². The summed E-state index contributed by atoms with van der Waals surface area (Å²) in [6.45, 7) is 4.18. The Balaban J connectivity index is 1.53. The number of anilines is 1. The van der Waals surface area contributed by atoms with Crippen molar-refractivity contribution in [1.82, 2.24) is 5.32 Å². The molecule has 0 bridgehead atoms. The highest BCUT2D eigenvalue weighted by atomic mass is 16.6. The maximum absolute atomic E-state index is 11.6. The molecule has 0 radical (unpaired) electrons. The van der Waals surface area contributed by atoms with Gasteiger partial charge in [-0.1, -0.05) is 18.6 Å². The number of hydrogen-bond acceptors (Lipinski definition) is 4. The molecule has 1 aromatic carbocycles. The van der Waals surface area contributed by atoms with Gasteiger partial charge in [0.25, 0.3) is 0 Å². The Hall–Kier alpha value is -1.59. The highest BCUT2D eigenvalue weighted by Gasteiger charge is 2.24. The van der Waals surface area contributed by atoms with Gasteiger partial charge in [0.2, 0.25) is 0 Å². The molecule has 3 unspecified atom stereocenters. The zero-order valence-corrected chi connectivity index (χ0v) is 13.7. The lowest BCUT2D eigenvalue weighted by Gasteiger charge is -2.27. The number of cyclic esters (lactones) is 1. The Bertz CT molecular complexity index is 532. The molecule has 0 aromatic heterocycles. The molecule has 1 amide bonds. The van der Waals surface area contributed by atoms with Gasteiger partial charge in [0.05, 0.1) is 12.6 Å². The Kier molecular flexibility index (Phi) is 5.18. The molecule has 1 aliphatic heterocycles. The smallest absolute Gasteiger partial charge is 0.414 e. The van der Waals surface area contributed by atoms with Crippen LogP contribution in [0.5, 0.6) is 0 Å². The van der Waals surface area contributed by atoms with Crippen LogP contribution in [0.15, 0.2) is 24.3 Å². The Morgan fingerprint density at radius 2 is 2.13 bits per heavy atom. The lowest BCUT2D eigenvalue weighted by molar-refractivity contribution is 0.0998. The van der Waals surface area contributed by atoms with Gasteiger partial charge in [-0.15, -0.1) is 0 Å². The first-order chi connectivity index (χ1) is 11.1. The van der Waals surface area contributed by atoms with Gasteiger partial charge in [-0.2, -0.15) is 0 Å². The number of aliphatic hydroxyl groups excluding tert-OH is 1. The van der Waals surface area contributed by atoms with E-state index in [-0.39, 0.29) is 18.2 Å². The maximum atomic E-state index is 11.6. The largest absolute Gasteiger partial charge is 0.447 e. The van der Waals surface area contributed by atoms with Gasteiger partial charge in [-0.3, -0.25) is 4.90 Å². The van der Waals surface area contributed by atoms with Crippen molar-refractivity contribution in [1.29, 1.82) is 0 Å². The van der Waals surface area contributed by atoms with Crippen molar-refractivity contribution in [3.8, 4) is 0 Å². The molecule has 3 atom stereocenters. The average Bonchev–Trinajstić information content (AvgIpc) is 2.99. The number of nitrogens with one attached hydrogen (secondary N) is 1. The molecule has 23 heavy (non-hydrogen) atoms. The van der Waals surface area contributed by atoms with Gasteiger partial charge in [0.15, 0.2) is 0 Å². The van der Waals surface area contributed by atoms with Crippen LogP contribution in [0.1, 0.15) is 44.2 Å². The van der Waals surface area contributed by atoms with Gasteiger partial charge < -0.3 is 15.2 Å². The van der Waals surface area contributed by atoms with E-state index in [2.05, 4.69) is 24.4 Å². The minimum atomic E-state index is -0.264. The summed E-state index contributed by atoms with van der Waals surface area (Å²) in [5.74, 6) is 0.569. The predicted molar refractivity (Wildman–Crippen MR) is 89.5 cm³/mol. The third-order valence-electron chi connectivity index (χ3n) is 4.93. The quantitative estimate of drug-likeness (QED) is 0.876. The van der Waals surface area contributed by atoms with Crippen LogP contribution in [0.4, 0.5) is 10.5 Å². The van der Waals surface area contributed by atoms with Crippen molar-refractivity contribution in [2.24, 2.45) is 5.92 Å². The monoisotopic (exact) mass is 318 g/mol. The topological polar surface area (TPSA) is 61.8 Å². The SMILES string of the molecule is CC(NCC1CCCC(O)C1)c1ccc(N2CCOC2=O)cc1. The van der Waals surface area contributed by atoms with E-state index in [4.69, 9.17) is 4.74 Å². The second kappa shape index (κ2) is 7.32. The Morgan fingerprint density at radius 1 is 1.35 bits per heavy atom. The number of ether oxygens (including phenoxy) is 1. The zero-order chi connectivity index (χ0) is 16.2. The first-order valence-corrected chi connectivity index (χ1v) is 8.59. The van der Waals surface area contributed by atoms with Crippen LogP contribution in [0.25, 0.3) is 0 Å². The number of carbonyl (C=O) groups excluding carboxylic acids is 1. The number of rotatable bonds is 5. The molecule has 0 spiro atoms. The number of amides is 1. The van der Waals surface area contributed by atoms with E-state index in [0.717, 1.165) is 31.5 Å². The number of aliphatic hydroxyl groups is 1. The highest BCUT2D eigenvalue weighted by molar-refractivity contribution is 5.89. The number of nitrogens with zero attached hydrogens (tertiary/aromatic N) is 1. The summed E-state index contributed by atoms with van der Waals surface area (Å²) in [7, 11) is 0. The van der Waals surface area contributed by atoms with Gasteiger partial charge >= 0.3 is 6.09 Å². The molecular formula is C18H26N2O3. The summed E-state index contributed by atoms with van der Waals surface area (Å²) >= 11 is 0. The van der Waals surface area contributed by atoms with E-state index < -0.39 is 0 Å².